The topological polar surface area (TPSA) is 83.5 Å². The van der Waals surface area contributed by atoms with E-state index in [9.17, 15) is 5.11 Å². The Morgan fingerprint density at radius 1 is 1.21 bits per heavy atom. The first-order valence-corrected chi connectivity index (χ1v) is 12.5. The van der Waals surface area contributed by atoms with Gasteiger partial charge in [-0.1, -0.05) is 11.6 Å². The lowest BCUT2D eigenvalue weighted by atomic mass is 9.99. The molecule has 10 heteroatoms. The number of nitrogens with zero attached hydrogens (tertiary/aromatic N) is 3. The van der Waals surface area contributed by atoms with Crippen molar-refractivity contribution in [2.45, 2.75) is 6.92 Å². The van der Waals surface area contributed by atoms with Gasteiger partial charge in [0.15, 0.2) is 17.1 Å². The molecule has 7 nitrogen and oxygen atoms in total. The number of rotatable bonds is 6. The summed E-state index contributed by atoms with van der Waals surface area (Å²) in [5.41, 5.74) is 2.08. The molecule has 2 N–H and O–H groups in total. The monoisotopic (exact) mass is 502 g/mol. The third-order valence-corrected chi connectivity index (χ3v) is 7.28. The minimum atomic E-state index is -0.491. The van der Waals surface area contributed by atoms with Crippen LogP contribution in [0.2, 0.25) is 5.02 Å². The number of pyridine rings is 1. The summed E-state index contributed by atoms with van der Waals surface area (Å²) in [6, 6.07) is 6.01. The summed E-state index contributed by atoms with van der Waals surface area (Å²) in [7, 11) is 1.54. The van der Waals surface area contributed by atoms with E-state index in [0.717, 1.165) is 31.1 Å². The maximum absolute atomic E-state index is 15.7. The molecule has 0 saturated carbocycles. The molecule has 0 spiro atoms. The van der Waals surface area contributed by atoms with Crippen LogP contribution >= 0.6 is 23.4 Å². The van der Waals surface area contributed by atoms with E-state index in [4.69, 9.17) is 21.1 Å². The van der Waals surface area contributed by atoms with Crippen LogP contribution in [0.15, 0.2) is 24.3 Å². The van der Waals surface area contributed by atoms with E-state index in [2.05, 4.69) is 20.1 Å². The first kappa shape index (κ1) is 23.0. The number of halogens is 2. The van der Waals surface area contributed by atoms with Crippen LogP contribution in [0, 0.1) is 12.7 Å². The molecular formula is C24H24ClFN4O3S. The smallest absolute Gasteiger partial charge is 0.169 e. The van der Waals surface area contributed by atoms with Crippen LogP contribution in [0.1, 0.15) is 5.69 Å². The lowest BCUT2D eigenvalue weighted by Gasteiger charge is -2.26. The van der Waals surface area contributed by atoms with Crippen molar-refractivity contribution in [2.24, 2.45) is 0 Å². The maximum atomic E-state index is 15.7. The van der Waals surface area contributed by atoms with Crippen molar-refractivity contribution in [1.29, 1.82) is 0 Å². The lowest BCUT2D eigenvalue weighted by Crippen LogP contribution is -2.35. The van der Waals surface area contributed by atoms with Crippen LogP contribution in [-0.2, 0) is 0 Å². The third-order valence-electron chi connectivity index (χ3n) is 6.03. The Labute approximate surface area is 205 Å². The van der Waals surface area contributed by atoms with E-state index in [0.29, 0.717) is 51.5 Å². The van der Waals surface area contributed by atoms with Gasteiger partial charge in [-0.2, -0.15) is 16.9 Å². The Balaban J connectivity index is 1.66. The summed E-state index contributed by atoms with van der Waals surface area (Å²) in [5, 5.41) is 18.7. The number of benzene rings is 2. The predicted octanol–water partition coefficient (Wildman–Crippen LogP) is 5.02. The van der Waals surface area contributed by atoms with Gasteiger partial charge in [0.1, 0.15) is 18.2 Å². The number of hydrogen-bond donors (Lipinski definition) is 2. The number of phenols is 1. The zero-order valence-corrected chi connectivity index (χ0v) is 20.4. The average Bonchev–Trinajstić information content (AvgIpc) is 3.21. The summed E-state index contributed by atoms with van der Waals surface area (Å²) in [5.74, 6) is 2.43. The summed E-state index contributed by atoms with van der Waals surface area (Å²) in [4.78, 5) is 6.99. The number of aromatic hydroxyl groups is 1. The zero-order chi connectivity index (χ0) is 23.8. The molecule has 1 fully saturated rings. The van der Waals surface area contributed by atoms with Crippen molar-refractivity contribution < 1.29 is 19.0 Å². The molecule has 3 heterocycles. The molecule has 178 valence electrons. The van der Waals surface area contributed by atoms with Gasteiger partial charge >= 0.3 is 0 Å². The van der Waals surface area contributed by atoms with Crippen molar-refractivity contribution in [1.82, 2.24) is 20.1 Å². The Kier molecular flexibility index (Phi) is 6.42. The molecule has 0 radical (unpaired) electrons. The number of hydrogen-bond acceptors (Lipinski definition) is 7. The number of aromatic nitrogens is 3. The third kappa shape index (κ3) is 4.12. The summed E-state index contributed by atoms with van der Waals surface area (Å²) < 4.78 is 27.6. The molecular weight excluding hydrogens is 479 g/mol. The average molecular weight is 503 g/mol. The molecule has 0 amide bonds. The quantitative estimate of drug-likeness (QED) is 0.383. The van der Waals surface area contributed by atoms with Crippen molar-refractivity contribution in [3.05, 3.63) is 40.8 Å². The van der Waals surface area contributed by atoms with Crippen molar-refractivity contribution in [3.63, 3.8) is 0 Å². The number of methoxy groups -OCH3 is 1. The fraction of sp³-hybridized carbons (Fsp3) is 0.333. The van der Waals surface area contributed by atoms with Gasteiger partial charge in [0.05, 0.1) is 28.9 Å². The van der Waals surface area contributed by atoms with Crippen molar-refractivity contribution >= 4 is 45.2 Å². The number of thioether (sulfide) groups is 1. The molecule has 1 aliphatic heterocycles. The summed E-state index contributed by atoms with van der Waals surface area (Å²) >= 11 is 8.09. The van der Waals surface area contributed by atoms with Crippen LogP contribution < -0.4 is 9.47 Å². The zero-order valence-electron chi connectivity index (χ0n) is 18.8. The van der Waals surface area contributed by atoms with Gasteiger partial charge in [-0.3, -0.25) is 10.00 Å². The largest absolute Gasteiger partial charge is 0.506 e. The van der Waals surface area contributed by atoms with E-state index in [-0.39, 0.29) is 16.2 Å². The standard InChI is InChI=1S/C24H24ClFN4O3S/c1-13-19-21-20(22(27-24(19)29-28-13)14-3-4-17(31)15(25)11-14)16(26)12-18(23(21)32-2)33-8-5-30-6-9-34-10-7-30/h3-4,11-12,31H,5-10H2,1-2H3,(H,27,28,29). The Morgan fingerprint density at radius 2 is 2.00 bits per heavy atom. The fourth-order valence-electron chi connectivity index (χ4n) is 4.33. The number of H-pyrrole nitrogens is 1. The highest BCUT2D eigenvalue weighted by atomic mass is 35.5. The van der Waals surface area contributed by atoms with Gasteiger partial charge in [0, 0.05) is 53.5 Å². The van der Waals surface area contributed by atoms with Gasteiger partial charge in [-0.25, -0.2) is 9.37 Å². The number of aryl methyl sites for hydroxylation is 1. The van der Waals surface area contributed by atoms with Crippen LogP contribution in [0.4, 0.5) is 4.39 Å². The van der Waals surface area contributed by atoms with Crippen LogP contribution in [0.25, 0.3) is 33.1 Å². The molecule has 2 aromatic carbocycles. The molecule has 1 saturated heterocycles. The number of nitrogens with one attached hydrogen (secondary N) is 1. The molecule has 0 aliphatic carbocycles. The van der Waals surface area contributed by atoms with Gasteiger partial charge in [-0.05, 0) is 25.1 Å². The first-order valence-electron chi connectivity index (χ1n) is 10.9. The Bertz CT molecular complexity index is 1370. The lowest BCUT2D eigenvalue weighted by molar-refractivity contribution is 0.216. The number of fused-ring (bicyclic) bond motifs is 3. The number of phenolic OH excluding ortho intramolecular Hbond substituents is 1. The molecule has 4 aromatic rings. The van der Waals surface area contributed by atoms with Gasteiger partial charge in [0.2, 0.25) is 0 Å². The Hall–Kier alpha value is -2.75. The van der Waals surface area contributed by atoms with Crippen LogP contribution in [0.3, 0.4) is 0 Å². The van der Waals surface area contributed by atoms with E-state index >= 15 is 4.39 Å². The SMILES string of the molecule is COc1c(OCCN2CCSCC2)cc(F)c2c(-c3ccc(O)c(Cl)c3)nc3[nH]nc(C)c3c12. The second-order valence-corrected chi connectivity index (χ2v) is 9.73. The minimum absolute atomic E-state index is 0.0609. The normalized spacial score (nSPS) is 14.7. The van der Waals surface area contributed by atoms with Crippen LogP contribution in [0.5, 0.6) is 17.2 Å². The molecule has 34 heavy (non-hydrogen) atoms. The number of aromatic amines is 1. The van der Waals surface area contributed by atoms with Gasteiger partial charge in [-0.15, -0.1) is 0 Å². The van der Waals surface area contributed by atoms with E-state index in [1.165, 1.54) is 12.1 Å². The van der Waals surface area contributed by atoms with Crippen LogP contribution in [-0.4, -0.2) is 70.0 Å². The molecule has 0 bridgehead atoms. The summed E-state index contributed by atoms with van der Waals surface area (Å²) in [6.45, 7) is 5.06. The highest BCUT2D eigenvalue weighted by Crippen LogP contribution is 2.45. The number of ether oxygens (including phenoxy) is 2. The highest BCUT2D eigenvalue weighted by molar-refractivity contribution is 7.99. The molecule has 5 rings (SSSR count). The molecule has 0 unspecified atom stereocenters. The van der Waals surface area contributed by atoms with Crippen molar-refractivity contribution in [2.75, 3.05) is 44.9 Å². The maximum Gasteiger partial charge on any atom is 0.169 e. The minimum Gasteiger partial charge on any atom is -0.506 e. The van der Waals surface area contributed by atoms with E-state index in [1.807, 2.05) is 18.7 Å². The Morgan fingerprint density at radius 3 is 2.74 bits per heavy atom. The van der Waals surface area contributed by atoms with E-state index in [1.54, 1.807) is 19.2 Å². The second-order valence-electron chi connectivity index (χ2n) is 8.10. The van der Waals surface area contributed by atoms with E-state index < -0.39 is 5.82 Å². The predicted molar refractivity (Wildman–Crippen MR) is 134 cm³/mol. The fourth-order valence-corrected chi connectivity index (χ4v) is 5.49. The van der Waals surface area contributed by atoms with Gasteiger partial charge in [0.25, 0.3) is 0 Å². The van der Waals surface area contributed by atoms with Gasteiger partial charge < -0.3 is 14.6 Å². The summed E-state index contributed by atoms with van der Waals surface area (Å²) in [6.07, 6.45) is 0. The van der Waals surface area contributed by atoms with Crippen molar-refractivity contribution in [3.8, 4) is 28.5 Å². The molecule has 1 aliphatic rings. The molecule has 0 atom stereocenters. The molecule has 2 aromatic heterocycles. The second kappa shape index (κ2) is 9.48. The first-order chi connectivity index (χ1) is 16.5. The highest BCUT2D eigenvalue weighted by Gasteiger charge is 2.24.